The molecule has 0 radical (unpaired) electrons. The first-order chi connectivity index (χ1) is 15.5. The predicted molar refractivity (Wildman–Crippen MR) is 117 cm³/mol. The SMILES string of the molecule is Cc1ccc(C(=O)Nc2c(C(N)=O)cccc2-c2ccc(Cl)cn2)c(NC(=O)C(F)(F)F)c1. The second-order valence-electron chi connectivity index (χ2n) is 6.91. The molecule has 0 fully saturated rings. The maximum absolute atomic E-state index is 13.1. The van der Waals surface area contributed by atoms with Gasteiger partial charge in [0.2, 0.25) is 0 Å². The summed E-state index contributed by atoms with van der Waals surface area (Å²) >= 11 is 5.87. The van der Waals surface area contributed by atoms with Crippen molar-refractivity contribution in [1.82, 2.24) is 4.98 Å². The summed E-state index contributed by atoms with van der Waals surface area (Å²) < 4.78 is 38.2. The Bertz CT molecular complexity index is 1240. The fraction of sp³-hybridized carbons (Fsp3) is 0.0909. The highest BCUT2D eigenvalue weighted by atomic mass is 35.5. The molecule has 3 amide bonds. The van der Waals surface area contributed by atoms with Gasteiger partial charge in [0.05, 0.1) is 33.2 Å². The summed E-state index contributed by atoms with van der Waals surface area (Å²) in [4.78, 5) is 40.7. The van der Waals surface area contributed by atoms with Gasteiger partial charge in [0, 0.05) is 11.8 Å². The zero-order chi connectivity index (χ0) is 24.3. The maximum Gasteiger partial charge on any atom is 0.471 e. The molecular formula is C22H16ClF3N4O3. The molecule has 1 heterocycles. The molecule has 1 aromatic heterocycles. The van der Waals surface area contributed by atoms with Gasteiger partial charge < -0.3 is 16.4 Å². The lowest BCUT2D eigenvalue weighted by atomic mass is 10.0. The lowest BCUT2D eigenvalue weighted by molar-refractivity contribution is -0.167. The number of nitrogens with zero attached hydrogens (tertiary/aromatic N) is 1. The monoisotopic (exact) mass is 476 g/mol. The van der Waals surface area contributed by atoms with Crippen LogP contribution in [0.4, 0.5) is 24.5 Å². The molecule has 0 spiro atoms. The minimum Gasteiger partial charge on any atom is -0.366 e. The number of primary amides is 1. The van der Waals surface area contributed by atoms with Crippen molar-refractivity contribution in [3.63, 3.8) is 0 Å². The van der Waals surface area contributed by atoms with Gasteiger partial charge in [0.1, 0.15) is 0 Å². The number of pyridine rings is 1. The number of rotatable bonds is 5. The number of carbonyl (C=O) groups excluding carboxylic acids is 3. The molecular weight excluding hydrogens is 461 g/mol. The van der Waals surface area contributed by atoms with Crippen molar-refractivity contribution in [2.45, 2.75) is 13.1 Å². The predicted octanol–water partition coefficient (Wildman–Crippen LogP) is 4.56. The normalized spacial score (nSPS) is 11.1. The number of nitrogens with two attached hydrogens (primary N) is 1. The van der Waals surface area contributed by atoms with E-state index >= 15 is 0 Å². The molecule has 3 aromatic rings. The van der Waals surface area contributed by atoms with E-state index in [2.05, 4.69) is 10.3 Å². The highest BCUT2D eigenvalue weighted by molar-refractivity contribution is 6.30. The average molecular weight is 477 g/mol. The van der Waals surface area contributed by atoms with Crippen molar-refractivity contribution in [2.24, 2.45) is 5.73 Å². The van der Waals surface area contributed by atoms with Crippen molar-refractivity contribution < 1.29 is 27.6 Å². The Morgan fingerprint density at radius 2 is 1.73 bits per heavy atom. The molecule has 4 N–H and O–H groups in total. The minimum atomic E-state index is -5.15. The second-order valence-corrected chi connectivity index (χ2v) is 7.35. The number of carbonyl (C=O) groups is 3. The van der Waals surface area contributed by atoms with Gasteiger partial charge in [0.25, 0.3) is 11.8 Å². The van der Waals surface area contributed by atoms with Crippen molar-refractivity contribution in [3.05, 3.63) is 76.4 Å². The third kappa shape index (κ3) is 5.47. The summed E-state index contributed by atoms with van der Waals surface area (Å²) in [5, 5.41) is 4.58. The lowest BCUT2D eigenvalue weighted by Gasteiger charge is -2.17. The van der Waals surface area contributed by atoms with Crippen LogP contribution >= 0.6 is 11.6 Å². The summed E-state index contributed by atoms with van der Waals surface area (Å²) in [5.74, 6) is -3.96. The Labute approximate surface area is 190 Å². The zero-order valence-corrected chi connectivity index (χ0v) is 17.7. The number of benzene rings is 2. The van der Waals surface area contributed by atoms with E-state index < -0.39 is 23.9 Å². The molecule has 0 aliphatic carbocycles. The van der Waals surface area contributed by atoms with E-state index in [1.54, 1.807) is 30.4 Å². The van der Waals surface area contributed by atoms with E-state index in [0.29, 0.717) is 21.8 Å². The van der Waals surface area contributed by atoms with Crippen molar-refractivity contribution in [3.8, 4) is 11.3 Å². The summed E-state index contributed by atoms with van der Waals surface area (Å²) in [6.45, 7) is 1.58. The van der Waals surface area contributed by atoms with E-state index in [4.69, 9.17) is 17.3 Å². The molecule has 0 saturated heterocycles. The number of amides is 3. The highest BCUT2D eigenvalue weighted by Crippen LogP contribution is 2.32. The first kappa shape index (κ1) is 23.7. The van der Waals surface area contributed by atoms with Crippen molar-refractivity contribution >= 4 is 40.7 Å². The fourth-order valence-electron chi connectivity index (χ4n) is 2.97. The number of halogens is 4. The number of hydrogen-bond acceptors (Lipinski definition) is 4. The summed E-state index contributed by atoms with van der Waals surface area (Å²) in [6.07, 6.45) is -3.78. The molecule has 2 aromatic carbocycles. The number of alkyl halides is 3. The van der Waals surface area contributed by atoms with Gasteiger partial charge in [-0.2, -0.15) is 13.2 Å². The van der Waals surface area contributed by atoms with Crippen LogP contribution in [0.1, 0.15) is 26.3 Å². The van der Waals surface area contributed by atoms with Crippen LogP contribution in [0.5, 0.6) is 0 Å². The quantitative estimate of drug-likeness (QED) is 0.500. The van der Waals surface area contributed by atoms with Crippen LogP contribution in [0.15, 0.2) is 54.7 Å². The van der Waals surface area contributed by atoms with Gasteiger partial charge >= 0.3 is 12.1 Å². The number of anilines is 2. The Hall–Kier alpha value is -3.92. The number of para-hydroxylation sites is 1. The molecule has 33 heavy (non-hydrogen) atoms. The molecule has 0 bridgehead atoms. The second kappa shape index (κ2) is 9.29. The van der Waals surface area contributed by atoms with Gasteiger partial charge in [0.15, 0.2) is 0 Å². The maximum atomic E-state index is 13.1. The molecule has 170 valence electrons. The van der Waals surface area contributed by atoms with E-state index in [1.165, 1.54) is 36.5 Å². The Morgan fingerprint density at radius 3 is 2.33 bits per heavy atom. The molecule has 3 rings (SSSR count). The molecule has 0 aliphatic rings. The average Bonchev–Trinajstić information content (AvgIpc) is 2.73. The summed E-state index contributed by atoms with van der Waals surface area (Å²) in [6, 6.07) is 11.5. The standard InChI is InChI=1S/C22H16ClF3N4O3/c1-11-5-7-14(17(9-11)29-21(33)22(24,25)26)20(32)30-18-13(3-2-4-15(18)19(27)31)16-8-6-12(23)10-28-16/h2-10H,1H3,(H2,27,31)(H,29,33)(H,30,32). The van der Waals surface area contributed by atoms with Crippen LogP contribution in [-0.2, 0) is 4.79 Å². The van der Waals surface area contributed by atoms with Crippen LogP contribution in [0, 0.1) is 6.92 Å². The molecule has 0 atom stereocenters. The van der Waals surface area contributed by atoms with Gasteiger partial charge in [-0.1, -0.05) is 29.8 Å². The zero-order valence-electron chi connectivity index (χ0n) is 17.0. The summed E-state index contributed by atoms with van der Waals surface area (Å²) in [5.41, 5.74) is 5.98. The first-order valence-corrected chi connectivity index (χ1v) is 9.70. The first-order valence-electron chi connectivity index (χ1n) is 9.32. The number of aryl methyl sites for hydroxylation is 1. The van der Waals surface area contributed by atoms with E-state index in [0.717, 1.165) is 0 Å². The third-order valence-corrected chi connectivity index (χ3v) is 4.72. The number of nitrogens with one attached hydrogen (secondary N) is 2. The molecule has 0 aliphatic heterocycles. The third-order valence-electron chi connectivity index (χ3n) is 4.50. The molecule has 11 heteroatoms. The Kier molecular flexibility index (Phi) is 6.68. The summed E-state index contributed by atoms with van der Waals surface area (Å²) in [7, 11) is 0. The van der Waals surface area contributed by atoms with Crippen LogP contribution in [0.25, 0.3) is 11.3 Å². The van der Waals surface area contributed by atoms with Crippen molar-refractivity contribution in [1.29, 1.82) is 0 Å². The Morgan fingerprint density at radius 1 is 1.00 bits per heavy atom. The Balaban J connectivity index is 2.06. The van der Waals surface area contributed by atoms with Gasteiger partial charge in [-0.15, -0.1) is 0 Å². The minimum absolute atomic E-state index is 0.00139. The van der Waals surface area contributed by atoms with E-state index in [1.807, 2.05) is 0 Å². The lowest BCUT2D eigenvalue weighted by Crippen LogP contribution is -2.31. The van der Waals surface area contributed by atoms with Gasteiger partial charge in [-0.3, -0.25) is 19.4 Å². The van der Waals surface area contributed by atoms with Gasteiger partial charge in [-0.25, -0.2) is 0 Å². The molecule has 7 nitrogen and oxygen atoms in total. The van der Waals surface area contributed by atoms with E-state index in [-0.39, 0.29) is 22.5 Å². The number of aromatic nitrogens is 1. The smallest absolute Gasteiger partial charge is 0.366 e. The highest BCUT2D eigenvalue weighted by Gasteiger charge is 2.39. The van der Waals surface area contributed by atoms with Crippen LogP contribution in [0.2, 0.25) is 5.02 Å². The van der Waals surface area contributed by atoms with Crippen LogP contribution in [-0.4, -0.2) is 28.9 Å². The van der Waals surface area contributed by atoms with Crippen molar-refractivity contribution in [2.75, 3.05) is 10.6 Å². The van der Waals surface area contributed by atoms with Crippen LogP contribution < -0.4 is 16.4 Å². The van der Waals surface area contributed by atoms with Crippen LogP contribution in [0.3, 0.4) is 0 Å². The topological polar surface area (TPSA) is 114 Å². The molecule has 0 unspecified atom stereocenters. The molecule has 0 saturated carbocycles. The van der Waals surface area contributed by atoms with Gasteiger partial charge in [-0.05, 0) is 42.8 Å². The number of hydrogen-bond donors (Lipinski definition) is 3. The van der Waals surface area contributed by atoms with E-state index in [9.17, 15) is 27.6 Å². The largest absolute Gasteiger partial charge is 0.471 e. The fourth-order valence-corrected chi connectivity index (χ4v) is 3.09.